The molecule has 1 aliphatic heterocycles. The maximum absolute atomic E-state index is 12.4. The minimum Gasteiger partial charge on any atom is -0.506 e. The number of esters is 1. The van der Waals surface area contributed by atoms with Crippen LogP contribution in [0, 0.1) is 14.3 Å². The molecular weight excluding hydrogens is 984 g/mol. The van der Waals surface area contributed by atoms with Gasteiger partial charge in [0, 0.05) is 19.3 Å². The molecule has 0 bridgehead atoms. The van der Waals surface area contributed by atoms with E-state index in [1.165, 1.54) is 7.11 Å². The fourth-order valence-corrected chi connectivity index (χ4v) is 7.20. The van der Waals surface area contributed by atoms with Gasteiger partial charge >= 0.3 is 11.9 Å². The van der Waals surface area contributed by atoms with Crippen LogP contribution in [0.2, 0.25) is 0 Å². The van der Waals surface area contributed by atoms with Gasteiger partial charge < -0.3 is 29.5 Å². The second-order valence-electron chi connectivity index (χ2n) is 8.11. The summed E-state index contributed by atoms with van der Waals surface area (Å²) >= 11 is 8.26. The topological polar surface area (TPSA) is 158 Å². The van der Waals surface area contributed by atoms with E-state index in [4.69, 9.17) is 14.2 Å². The fraction of sp³-hybridized carbons (Fsp3) is 0.292. The van der Waals surface area contributed by atoms with Gasteiger partial charge in [0.15, 0.2) is 5.75 Å². The van der Waals surface area contributed by atoms with Gasteiger partial charge in [-0.2, -0.15) is 0 Å². The van der Waals surface area contributed by atoms with Gasteiger partial charge in [0.25, 0.3) is 11.8 Å². The Hall–Kier alpha value is -1.53. The molecule has 0 radical (unpaired) electrons. The summed E-state index contributed by atoms with van der Waals surface area (Å²) in [4.78, 5) is 64.3. The molecule has 2 aromatic rings. The van der Waals surface area contributed by atoms with E-state index < -0.39 is 48.9 Å². The van der Waals surface area contributed by atoms with Gasteiger partial charge in [-0.25, -0.2) is 9.59 Å². The number of carbonyl (C=O) groups is 5. The smallest absolute Gasteiger partial charge is 0.358 e. The van der Waals surface area contributed by atoms with Gasteiger partial charge in [0.05, 0.1) is 21.4 Å². The molecule has 1 atom stereocenters. The highest BCUT2D eigenvalue weighted by Crippen LogP contribution is 2.37. The molecule has 1 heterocycles. The number of aromatic hydroxyl groups is 1. The van der Waals surface area contributed by atoms with Crippen molar-refractivity contribution < 1.29 is 48.1 Å². The van der Waals surface area contributed by atoms with Gasteiger partial charge in [0.1, 0.15) is 30.8 Å². The minimum atomic E-state index is -1.05. The lowest BCUT2D eigenvalue weighted by molar-refractivity contribution is -0.200. The summed E-state index contributed by atoms with van der Waals surface area (Å²) < 4.78 is 18.7. The minimum absolute atomic E-state index is 0.0462. The summed E-state index contributed by atoms with van der Waals surface area (Å²) in [5.74, 6) is -2.34. The fourth-order valence-electron chi connectivity index (χ4n) is 3.37. The zero-order chi connectivity index (χ0) is 29.6. The highest BCUT2D eigenvalue weighted by atomic mass is 127. The lowest BCUT2D eigenvalue weighted by Crippen LogP contribution is -2.44. The number of phenolic OH excluding ortho intramolecular Hbond substituents is 1. The second kappa shape index (κ2) is 15.1. The average molecular weight is 1000 g/mol. The van der Waals surface area contributed by atoms with Crippen LogP contribution in [0.3, 0.4) is 0 Å². The number of ether oxygens (including phenoxy) is 3. The van der Waals surface area contributed by atoms with Crippen LogP contribution in [0.5, 0.6) is 17.2 Å². The number of hydroxylamine groups is 2. The number of hydrogen-bond acceptors (Lipinski definition) is 10. The maximum Gasteiger partial charge on any atom is 0.358 e. The van der Waals surface area contributed by atoms with Crippen molar-refractivity contribution in [2.24, 2.45) is 0 Å². The van der Waals surface area contributed by atoms with Crippen LogP contribution in [0.25, 0.3) is 0 Å². The van der Waals surface area contributed by atoms with Gasteiger partial charge in [0.2, 0.25) is 5.91 Å². The zero-order valence-corrected chi connectivity index (χ0v) is 29.1. The molecular formula is C24H20I4N2O10. The predicted molar refractivity (Wildman–Crippen MR) is 171 cm³/mol. The molecule has 0 aromatic heterocycles. The first-order valence-corrected chi connectivity index (χ1v) is 15.6. The van der Waals surface area contributed by atoms with E-state index in [1.807, 2.05) is 57.3 Å². The number of carbonyl (C=O) groups excluding carboxylic acids is 5. The van der Waals surface area contributed by atoms with E-state index in [2.05, 4.69) is 55.3 Å². The number of imide groups is 1. The van der Waals surface area contributed by atoms with Gasteiger partial charge in [-0.15, -0.1) is 5.06 Å². The number of benzene rings is 2. The first-order chi connectivity index (χ1) is 18.9. The third-order valence-electron chi connectivity index (χ3n) is 5.18. The van der Waals surface area contributed by atoms with E-state index in [9.17, 15) is 29.1 Å². The molecule has 214 valence electrons. The van der Waals surface area contributed by atoms with E-state index in [0.29, 0.717) is 23.7 Å². The molecule has 0 aliphatic carbocycles. The summed E-state index contributed by atoms with van der Waals surface area (Å²) in [7, 11) is 1.19. The van der Waals surface area contributed by atoms with Crippen LogP contribution >= 0.6 is 90.4 Å². The zero-order valence-electron chi connectivity index (χ0n) is 20.5. The molecule has 1 saturated heterocycles. The Labute approximate surface area is 282 Å². The Bertz CT molecular complexity index is 1290. The molecule has 0 saturated carbocycles. The van der Waals surface area contributed by atoms with Gasteiger partial charge in [-0.05, 0) is 120 Å². The highest BCUT2D eigenvalue weighted by molar-refractivity contribution is 14.1. The number of rotatable bonds is 11. The highest BCUT2D eigenvalue weighted by Gasteiger charge is 2.33. The number of halogens is 4. The van der Waals surface area contributed by atoms with Crippen LogP contribution in [-0.4, -0.2) is 66.2 Å². The Morgan fingerprint density at radius 1 is 0.950 bits per heavy atom. The lowest BCUT2D eigenvalue weighted by atomic mass is 10.1. The van der Waals surface area contributed by atoms with Gasteiger partial charge in [-0.3, -0.25) is 14.4 Å². The summed E-state index contributed by atoms with van der Waals surface area (Å²) in [6.07, 6.45) is 0.00570. The number of amides is 3. The first-order valence-electron chi connectivity index (χ1n) is 11.2. The summed E-state index contributed by atoms with van der Waals surface area (Å²) in [6, 6.07) is 6.00. The summed E-state index contributed by atoms with van der Waals surface area (Å²) in [5, 5.41) is 12.9. The number of phenols is 1. The average Bonchev–Trinajstić information content (AvgIpc) is 3.20. The lowest BCUT2D eigenvalue weighted by Gasteiger charge is -2.18. The molecule has 12 nitrogen and oxygen atoms in total. The SMILES string of the molecule is COC(=O)C(Cc1cc(I)c(Oc2cc(I)c(O)c(I)c2)c(I)c1)NC(=O)COCC(=O)ON1C(=O)CCC1=O. The molecule has 2 aromatic carbocycles. The molecule has 3 rings (SSSR count). The van der Waals surface area contributed by atoms with E-state index >= 15 is 0 Å². The molecule has 3 amide bonds. The largest absolute Gasteiger partial charge is 0.506 e. The second-order valence-corrected chi connectivity index (χ2v) is 12.8. The maximum atomic E-state index is 12.4. The van der Waals surface area contributed by atoms with Crippen molar-refractivity contribution in [1.82, 2.24) is 10.4 Å². The Kier molecular flexibility index (Phi) is 12.4. The van der Waals surface area contributed by atoms with Crippen LogP contribution in [-0.2, 0) is 44.7 Å². The summed E-state index contributed by atoms with van der Waals surface area (Å²) in [6.45, 7) is -1.28. The van der Waals surface area contributed by atoms with E-state index in [1.54, 1.807) is 12.1 Å². The van der Waals surface area contributed by atoms with Crippen molar-refractivity contribution in [3.63, 3.8) is 0 Å². The van der Waals surface area contributed by atoms with E-state index in [-0.39, 0.29) is 25.0 Å². The van der Waals surface area contributed by atoms with Gasteiger partial charge in [-0.1, -0.05) is 0 Å². The van der Waals surface area contributed by atoms with Crippen LogP contribution in [0.15, 0.2) is 24.3 Å². The number of nitrogens with one attached hydrogen (secondary N) is 1. The van der Waals surface area contributed by atoms with Crippen LogP contribution < -0.4 is 10.1 Å². The van der Waals surface area contributed by atoms with Crippen molar-refractivity contribution in [3.8, 4) is 17.2 Å². The quantitative estimate of drug-likeness (QED) is 0.194. The van der Waals surface area contributed by atoms with Crippen LogP contribution in [0.4, 0.5) is 0 Å². The molecule has 2 N–H and O–H groups in total. The normalized spacial score (nSPS) is 13.7. The Morgan fingerprint density at radius 2 is 1.52 bits per heavy atom. The van der Waals surface area contributed by atoms with Crippen LogP contribution in [0.1, 0.15) is 18.4 Å². The molecule has 40 heavy (non-hydrogen) atoms. The standard InChI is InChI=1S/C24H20I4N2O10/c1-37-24(36)17(29-18(31)9-38-10-21(34)40-30-19(32)2-3-20(30)33)6-11-4-15(27)23(16(28)5-11)39-12-7-13(25)22(35)14(26)8-12/h4-5,7-8,17,35H,2-3,6,9-10H2,1H3,(H,29,31). The Morgan fingerprint density at radius 3 is 2.08 bits per heavy atom. The molecule has 0 spiro atoms. The molecule has 1 aliphatic rings. The monoisotopic (exact) mass is 1000 g/mol. The number of nitrogens with zero attached hydrogens (tertiary/aromatic N) is 1. The van der Waals surface area contributed by atoms with E-state index in [0.717, 1.165) is 12.7 Å². The number of hydrogen-bond donors (Lipinski definition) is 2. The molecule has 1 fully saturated rings. The molecule has 1 unspecified atom stereocenters. The third kappa shape index (κ3) is 8.98. The van der Waals surface area contributed by atoms with Crippen molar-refractivity contribution >= 4 is 120 Å². The number of methoxy groups -OCH3 is 1. The molecule has 16 heteroatoms. The van der Waals surface area contributed by atoms with Crippen molar-refractivity contribution in [2.75, 3.05) is 20.3 Å². The Balaban J connectivity index is 1.60. The predicted octanol–water partition coefficient (Wildman–Crippen LogP) is 3.43. The van der Waals surface area contributed by atoms with Crippen molar-refractivity contribution in [2.45, 2.75) is 25.3 Å². The third-order valence-corrected chi connectivity index (χ3v) is 8.43. The van der Waals surface area contributed by atoms with Crippen molar-refractivity contribution in [3.05, 3.63) is 44.1 Å². The van der Waals surface area contributed by atoms with Crippen molar-refractivity contribution in [1.29, 1.82) is 0 Å². The first kappa shape index (κ1) is 33.0. The summed E-state index contributed by atoms with van der Waals surface area (Å²) in [5.41, 5.74) is 0.719.